The van der Waals surface area contributed by atoms with Crippen molar-refractivity contribution in [2.75, 3.05) is 0 Å². The summed E-state index contributed by atoms with van der Waals surface area (Å²) in [6.45, 7) is -1.14. The van der Waals surface area contributed by atoms with E-state index in [1.54, 1.807) is 41.9 Å². The molecular weight excluding hydrogens is 522 g/mol. The van der Waals surface area contributed by atoms with Crippen LogP contribution >= 0.6 is 0 Å². The third-order valence-electron chi connectivity index (χ3n) is 7.79. The number of carboxylic acids is 1. The number of halogens is 3. The minimum Gasteiger partial charge on any atom is -0.550 e. The number of fused-ring (bicyclic) bond motifs is 2. The second-order valence-electron chi connectivity index (χ2n) is 9.88. The number of hydrogen-bond donors (Lipinski definition) is 0. The van der Waals surface area contributed by atoms with Gasteiger partial charge in [-0.3, -0.25) is 4.98 Å². The fourth-order valence-corrected chi connectivity index (χ4v) is 5.94. The van der Waals surface area contributed by atoms with Gasteiger partial charge >= 0.3 is 58.0 Å². The summed E-state index contributed by atoms with van der Waals surface area (Å²) in [5.41, 5.74) is 4.19. The monoisotopic (exact) mass is 545 g/mol. The summed E-state index contributed by atoms with van der Waals surface area (Å²) in [5, 5.41) is 11.1. The number of nitrogens with zero attached hydrogens (tertiary/aromatic N) is 3. The zero-order valence-electron chi connectivity index (χ0n) is 20.9. The number of carbonyl (C=O) groups is 1. The van der Waals surface area contributed by atoms with Crippen molar-refractivity contribution in [3.8, 4) is 16.9 Å². The number of aryl methyl sites for hydroxylation is 1. The van der Waals surface area contributed by atoms with Gasteiger partial charge in [0.1, 0.15) is 17.2 Å². The van der Waals surface area contributed by atoms with Crippen LogP contribution in [0.1, 0.15) is 41.4 Å². The van der Waals surface area contributed by atoms with Gasteiger partial charge in [-0.05, 0) is 43.7 Å². The van der Waals surface area contributed by atoms with Crippen LogP contribution in [0.2, 0.25) is 0 Å². The van der Waals surface area contributed by atoms with Crippen LogP contribution in [0.15, 0.2) is 54.9 Å². The van der Waals surface area contributed by atoms with Crippen LogP contribution in [-0.2, 0) is 11.2 Å². The molecule has 0 spiro atoms. The molecule has 0 amide bonds. The maximum Gasteiger partial charge on any atom is 1.00 e. The first-order valence-electron chi connectivity index (χ1n) is 12.2. The standard InChI is InChI=1S/C28H24F3N3O3.K/c1-14-23(10-15-4-2-3-5-24(15)37-28(30)31)34-13-20(21(29)11-25(34)33-14)16-6-7-22(32-12-16)17-8-18-19(9-17)26(18)27(35)36;/h2-7,11-13,17-19,26,28H,8-10H2,1H3,(H,35,36);/q;+1/p-1. The largest absolute Gasteiger partial charge is 1.00 e. The average molecular weight is 546 g/mol. The number of benzene rings is 1. The fourth-order valence-electron chi connectivity index (χ4n) is 5.94. The number of carbonyl (C=O) groups excluding carboxylic acids is 1. The number of hydrogen-bond acceptors (Lipinski definition) is 5. The van der Waals surface area contributed by atoms with E-state index in [2.05, 4.69) is 14.7 Å². The summed E-state index contributed by atoms with van der Waals surface area (Å²) >= 11 is 0. The molecular formula is C28H23F3KN3O3. The van der Waals surface area contributed by atoms with Crippen molar-refractivity contribution in [2.24, 2.45) is 17.8 Å². The molecule has 0 saturated heterocycles. The van der Waals surface area contributed by atoms with E-state index >= 15 is 4.39 Å². The molecule has 0 N–H and O–H groups in total. The summed E-state index contributed by atoms with van der Waals surface area (Å²) in [4.78, 5) is 20.2. The number of para-hydroxylation sites is 1. The van der Waals surface area contributed by atoms with E-state index in [1.807, 2.05) is 12.1 Å². The van der Waals surface area contributed by atoms with E-state index in [0.29, 0.717) is 28.0 Å². The van der Waals surface area contributed by atoms with Gasteiger partial charge in [0.05, 0.1) is 5.69 Å². The molecule has 0 bridgehead atoms. The number of imidazole rings is 1. The molecule has 6 nitrogen and oxygen atoms in total. The number of pyridine rings is 2. The maximum atomic E-state index is 15.1. The minimum atomic E-state index is -2.94. The Morgan fingerprint density at radius 1 is 1.18 bits per heavy atom. The molecule has 2 unspecified atom stereocenters. The van der Waals surface area contributed by atoms with Gasteiger partial charge in [0, 0.05) is 70.8 Å². The summed E-state index contributed by atoms with van der Waals surface area (Å²) in [6, 6.07) is 11.6. The van der Waals surface area contributed by atoms with Crippen LogP contribution in [0.25, 0.3) is 16.8 Å². The first-order valence-corrected chi connectivity index (χ1v) is 12.2. The third-order valence-corrected chi connectivity index (χ3v) is 7.79. The minimum absolute atomic E-state index is 0. The zero-order chi connectivity index (χ0) is 25.8. The first kappa shape index (κ1) is 27.3. The number of alkyl halides is 2. The van der Waals surface area contributed by atoms with Gasteiger partial charge in [-0.25, -0.2) is 9.37 Å². The first-order chi connectivity index (χ1) is 17.8. The van der Waals surface area contributed by atoms with Gasteiger partial charge in [-0.1, -0.05) is 24.3 Å². The van der Waals surface area contributed by atoms with Gasteiger partial charge in [-0.2, -0.15) is 8.78 Å². The Balaban J connectivity index is 0.00000294. The van der Waals surface area contributed by atoms with Crippen LogP contribution < -0.4 is 61.2 Å². The summed E-state index contributed by atoms with van der Waals surface area (Å²) < 4.78 is 47.3. The molecule has 6 rings (SSSR count). The van der Waals surface area contributed by atoms with Crippen LogP contribution in [0.5, 0.6) is 5.75 Å². The van der Waals surface area contributed by atoms with E-state index in [0.717, 1.165) is 24.2 Å². The Morgan fingerprint density at radius 2 is 1.92 bits per heavy atom. The van der Waals surface area contributed by atoms with E-state index < -0.39 is 18.4 Å². The Morgan fingerprint density at radius 3 is 2.58 bits per heavy atom. The van der Waals surface area contributed by atoms with Crippen molar-refractivity contribution in [1.82, 2.24) is 14.4 Å². The molecule has 4 aromatic rings. The quantitative estimate of drug-likeness (QED) is 0.329. The van der Waals surface area contributed by atoms with Crippen molar-refractivity contribution >= 4 is 11.6 Å². The normalized spacial score (nSPS) is 21.8. The van der Waals surface area contributed by atoms with Crippen LogP contribution in [0.4, 0.5) is 13.2 Å². The smallest absolute Gasteiger partial charge is 0.550 e. The van der Waals surface area contributed by atoms with Gasteiger partial charge < -0.3 is 19.0 Å². The maximum absolute atomic E-state index is 15.1. The number of aromatic nitrogens is 3. The number of carboxylic acid groups (broad SMARTS) is 1. The van der Waals surface area contributed by atoms with Crippen LogP contribution in [-0.4, -0.2) is 26.9 Å². The van der Waals surface area contributed by atoms with E-state index in [9.17, 15) is 18.7 Å². The van der Waals surface area contributed by atoms with E-state index in [-0.39, 0.29) is 87.2 Å². The molecule has 2 aliphatic carbocycles. The van der Waals surface area contributed by atoms with Gasteiger partial charge in [0.25, 0.3) is 0 Å². The molecule has 2 saturated carbocycles. The van der Waals surface area contributed by atoms with Crippen molar-refractivity contribution in [3.63, 3.8) is 0 Å². The summed E-state index contributed by atoms with van der Waals surface area (Å²) in [7, 11) is 0. The van der Waals surface area contributed by atoms with Crippen molar-refractivity contribution < 1.29 is 79.2 Å². The fraction of sp³-hybridized carbons (Fsp3) is 0.321. The Kier molecular flexibility index (Phi) is 7.72. The molecule has 38 heavy (non-hydrogen) atoms. The molecule has 10 heteroatoms. The second-order valence-corrected chi connectivity index (χ2v) is 9.88. The van der Waals surface area contributed by atoms with E-state index in [4.69, 9.17) is 0 Å². The predicted octanol–water partition coefficient (Wildman–Crippen LogP) is 1.53. The molecule has 2 fully saturated rings. The average Bonchev–Trinajstić information content (AvgIpc) is 3.22. The molecule has 3 heterocycles. The van der Waals surface area contributed by atoms with Crippen LogP contribution in [0, 0.1) is 30.5 Å². The number of ether oxygens (including phenoxy) is 1. The number of aliphatic carboxylic acids is 1. The van der Waals surface area contributed by atoms with Crippen LogP contribution in [0.3, 0.4) is 0 Å². The molecule has 190 valence electrons. The van der Waals surface area contributed by atoms with Gasteiger partial charge in [0.15, 0.2) is 0 Å². The van der Waals surface area contributed by atoms with Crippen molar-refractivity contribution in [1.29, 1.82) is 0 Å². The SMILES string of the molecule is Cc1nc2cc(F)c(-c3ccc(C4CC5C(C4)C5C(=O)[O-])nc3)cn2c1Cc1ccccc1OC(F)F.[K+]. The topological polar surface area (TPSA) is 79.5 Å². The van der Waals surface area contributed by atoms with Crippen molar-refractivity contribution in [3.05, 3.63) is 83.3 Å². The Bertz CT molecular complexity index is 1500. The third kappa shape index (κ3) is 5.04. The van der Waals surface area contributed by atoms with Gasteiger partial charge in [0.2, 0.25) is 0 Å². The summed E-state index contributed by atoms with van der Waals surface area (Å²) in [5.74, 6) is -1.08. The predicted molar refractivity (Wildman–Crippen MR) is 126 cm³/mol. The Hall–Kier alpha value is -2.24. The molecule has 0 aliphatic heterocycles. The van der Waals surface area contributed by atoms with Crippen molar-refractivity contribution in [2.45, 2.75) is 38.7 Å². The molecule has 1 aromatic carbocycles. The molecule has 3 aromatic heterocycles. The Labute approximate surface area is 259 Å². The molecule has 2 aliphatic rings. The van der Waals surface area contributed by atoms with Gasteiger partial charge in [-0.15, -0.1) is 0 Å². The molecule has 0 radical (unpaired) electrons. The number of rotatable bonds is 7. The summed E-state index contributed by atoms with van der Waals surface area (Å²) in [6.07, 6.45) is 5.13. The van der Waals surface area contributed by atoms with E-state index in [1.165, 1.54) is 12.1 Å². The molecule has 2 atom stereocenters. The zero-order valence-corrected chi connectivity index (χ0v) is 24.0. The second kappa shape index (κ2) is 10.7.